The second kappa shape index (κ2) is 11.3. The van der Waals surface area contributed by atoms with Crippen molar-refractivity contribution in [3.8, 4) is 11.6 Å². The van der Waals surface area contributed by atoms with Gasteiger partial charge in [0.15, 0.2) is 9.84 Å². The Kier molecular flexibility index (Phi) is 9.85. The van der Waals surface area contributed by atoms with Gasteiger partial charge < -0.3 is 15.4 Å². The van der Waals surface area contributed by atoms with Gasteiger partial charge in [-0.2, -0.15) is 0 Å². The number of carbonyl (C=O) groups excluding carboxylic acids is 1. The first-order chi connectivity index (χ1) is 12.9. The highest BCUT2D eigenvalue weighted by molar-refractivity contribution is 7.90. The average molecular weight is 462 g/mol. The zero-order valence-corrected chi connectivity index (χ0v) is 18.4. The molecule has 0 spiro atoms. The van der Waals surface area contributed by atoms with E-state index in [1.165, 1.54) is 12.1 Å². The van der Waals surface area contributed by atoms with Crippen molar-refractivity contribution in [3.05, 3.63) is 48.2 Å². The number of hydrogen-bond donors (Lipinski definition) is 2. The van der Waals surface area contributed by atoms with Crippen LogP contribution in [0.2, 0.25) is 0 Å². The maximum Gasteiger partial charge on any atom is 0.237 e. The van der Waals surface area contributed by atoms with E-state index in [0.717, 1.165) is 32.1 Å². The quantitative estimate of drug-likeness (QED) is 0.685. The third-order valence-corrected chi connectivity index (χ3v) is 5.49. The van der Waals surface area contributed by atoms with Gasteiger partial charge >= 0.3 is 0 Å². The van der Waals surface area contributed by atoms with E-state index in [4.69, 9.17) is 4.74 Å². The van der Waals surface area contributed by atoms with Crippen molar-refractivity contribution in [1.29, 1.82) is 0 Å². The molecule has 1 aromatic heterocycles. The molecule has 2 aromatic rings. The van der Waals surface area contributed by atoms with Crippen LogP contribution in [-0.4, -0.2) is 38.2 Å². The van der Waals surface area contributed by atoms with Crippen molar-refractivity contribution in [2.75, 3.05) is 12.8 Å². The number of piperidine rings is 1. The molecule has 3 rings (SSSR count). The van der Waals surface area contributed by atoms with Crippen molar-refractivity contribution in [1.82, 2.24) is 15.6 Å². The van der Waals surface area contributed by atoms with Gasteiger partial charge in [-0.1, -0.05) is 18.6 Å². The van der Waals surface area contributed by atoms with E-state index >= 15 is 0 Å². The summed E-state index contributed by atoms with van der Waals surface area (Å²) in [5.74, 6) is 0.668. The molecular formula is C19H25Cl2N3O4S. The fraction of sp³-hybridized carbons (Fsp3) is 0.368. The number of carbonyl (C=O) groups is 1. The van der Waals surface area contributed by atoms with Gasteiger partial charge in [0.1, 0.15) is 5.75 Å². The molecule has 0 aliphatic carbocycles. The zero-order valence-electron chi connectivity index (χ0n) is 16.0. The van der Waals surface area contributed by atoms with Crippen LogP contribution in [0.5, 0.6) is 11.6 Å². The van der Waals surface area contributed by atoms with Crippen molar-refractivity contribution in [2.24, 2.45) is 0 Å². The molecule has 1 amide bonds. The molecule has 1 saturated heterocycles. The summed E-state index contributed by atoms with van der Waals surface area (Å²) in [5, 5.41) is 6.13. The molecule has 0 radical (unpaired) electrons. The van der Waals surface area contributed by atoms with Gasteiger partial charge in [-0.15, -0.1) is 24.8 Å². The van der Waals surface area contributed by atoms with Crippen LogP contribution in [-0.2, 0) is 21.2 Å². The summed E-state index contributed by atoms with van der Waals surface area (Å²) in [5.41, 5.74) is 0.714. The van der Waals surface area contributed by atoms with E-state index in [-0.39, 0.29) is 48.2 Å². The first kappa shape index (κ1) is 25.2. The van der Waals surface area contributed by atoms with Crippen LogP contribution in [0.1, 0.15) is 24.8 Å². The smallest absolute Gasteiger partial charge is 0.237 e. The molecule has 10 heteroatoms. The minimum absolute atomic E-state index is 0. The lowest BCUT2D eigenvalue weighted by atomic mass is 10.0. The Morgan fingerprint density at radius 3 is 2.72 bits per heavy atom. The van der Waals surface area contributed by atoms with E-state index in [2.05, 4.69) is 15.6 Å². The highest BCUT2D eigenvalue weighted by Gasteiger charge is 2.20. The maximum absolute atomic E-state index is 12.3. The van der Waals surface area contributed by atoms with Crippen molar-refractivity contribution in [2.45, 2.75) is 36.7 Å². The van der Waals surface area contributed by atoms with Crippen molar-refractivity contribution < 1.29 is 17.9 Å². The summed E-state index contributed by atoms with van der Waals surface area (Å²) in [4.78, 5) is 16.7. The van der Waals surface area contributed by atoms with Gasteiger partial charge in [0.25, 0.3) is 0 Å². The number of ether oxygens (including phenoxy) is 1. The number of nitrogens with one attached hydrogen (secondary N) is 2. The van der Waals surface area contributed by atoms with Crippen LogP contribution >= 0.6 is 24.8 Å². The topological polar surface area (TPSA) is 97.4 Å². The Balaban J connectivity index is 0.00000210. The Morgan fingerprint density at radius 1 is 1.24 bits per heavy atom. The van der Waals surface area contributed by atoms with Gasteiger partial charge in [-0.25, -0.2) is 13.4 Å². The van der Waals surface area contributed by atoms with Crippen LogP contribution in [0.3, 0.4) is 0 Å². The normalized spacial score (nSPS) is 16.1. The summed E-state index contributed by atoms with van der Waals surface area (Å²) >= 11 is 0. The highest BCUT2D eigenvalue weighted by Crippen LogP contribution is 2.25. The van der Waals surface area contributed by atoms with E-state index in [9.17, 15) is 13.2 Å². The zero-order chi connectivity index (χ0) is 19.3. The third kappa shape index (κ3) is 7.15. The molecule has 0 unspecified atom stereocenters. The summed E-state index contributed by atoms with van der Waals surface area (Å²) < 4.78 is 29.2. The lowest BCUT2D eigenvalue weighted by molar-refractivity contribution is -0.123. The van der Waals surface area contributed by atoms with Crippen LogP contribution in [0.4, 0.5) is 0 Å². The summed E-state index contributed by atoms with van der Waals surface area (Å²) in [7, 11) is -3.33. The number of hydrogen-bond acceptors (Lipinski definition) is 6. The third-order valence-electron chi connectivity index (χ3n) is 4.38. The summed E-state index contributed by atoms with van der Waals surface area (Å²) in [6, 6.07) is 9.67. The number of halogens is 2. The predicted octanol–water partition coefficient (Wildman–Crippen LogP) is 2.88. The Bertz CT molecular complexity index is 919. The van der Waals surface area contributed by atoms with Crippen LogP contribution in [0.25, 0.3) is 0 Å². The predicted molar refractivity (Wildman–Crippen MR) is 116 cm³/mol. The number of pyridine rings is 1. The van der Waals surface area contributed by atoms with Crippen LogP contribution < -0.4 is 15.4 Å². The Morgan fingerprint density at radius 2 is 2.03 bits per heavy atom. The average Bonchev–Trinajstić information content (AvgIpc) is 2.67. The lowest BCUT2D eigenvalue weighted by Gasteiger charge is -2.22. The second-order valence-corrected chi connectivity index (χ2v) is 8.55. The second-order valence-electron chi connectivity index (χ2n) is 6.54. The number of sulfone groups is 1. The van der Waals surface area contributed by atoms with E-state index in [1.54, 1.807) is 24.4 Å². The fourth-order valence-corrected chi connectivity index (χ4v) is 3.57. The van der Waals surface area contributed by atoms with Gasteiger partial charge in [-0.3, -0.25) is 4.79 Å². The van der Waals surface area contributed by atoms with Gasteiger partial charge in [0.2, 0.25) is 11.8 Å². The van der Waals surface area contributed by atoms with Crippen molar-refractivity contribution >= 4 is 40.6 Å². The molecule has 160 valence electrons. The van der Waals surface area contributed by atoms with Gasteiger partial charge in [-0.05, 0) is 43.7 Å². The molecule has 1 aliphatic rings. The fourth-order valence-electron chi connectivity index (χ4n) is 2.91. The molecule has 2 heterocycles. The number of benzene rings is 1. The molecule has 2 N–H and O–H groups in total. The van der Waals surface area contributed by atoms with E-state index in [0.29, 0.717) is 17.2 Å². The lowest BCUT2D eigenvalue weighted by Crippen LogP contribution is -2.46. The molecule has 0 bridgehead atoms. The molecule has 1 fully saturated rings. The molecule has 1 atom stereocenters. The Hall–Kier alpha value is -1.87. The molecular weight excluding hydrogens is 437 g/mol. The van der Waals surface area contributed by atoms with Crippen LogP contribution in [0.15, 0.2) is 47.5 Å². The molecule has 1 aromatic carbocycles. The molecule has 7 nitrogen and oxygen atoms in total. The summed E-state index contributed by atoms with van der Waals surface area (Å²) in [6.07, 6.45) is 5.71. The van der Waals surface area contributed by atoms with Crippen LogP contribution in [0, 0.1) is 0 Å². The SMILES string of the molecule is CS(=O)(=O)c1cccc(Oc2ncccc2CNC(=O)[C@H]2CCCCN2)c1.Cl.Cl. The Labute approximate surface area is 183 Å². The number of nitrogens with zero attached hydrogens (tertiary/aromatic N) is 1. The molecule has 1 aliphatic heterocycles. The van der Waals surface area contributed by atoms with Gasteiger partial charge in [0.05, 0.1) is 10.9 Å². The maximum atomic E-state index is 12.3. The number of amides is 1. The molecule has 29 heavy (non-hydrogen) atoms. The first-order valence-electron chi connectivity index (χ1n) is 8.86. The standard InChI is InChI=1S/C19H23N3O4S.2ClH/c1-27(24,25)16-8-4-7-15(12-16)26-19-14(6-5-11-21-19)13-22-18(23)17-9-2-3-10-20-17;;/h4-8,11-12,17,20H,2-3,9-10,13H2,1H3,(H,22,23);2*1H/t17-;;/m1../s1. The van der Waals surface area contributed by atoms with E-state index in [1.807, 2.05) is 6.07 Å². The van der Waals surface area contributed by atoms with Crippen molar-refractivity contribution in [3.63, 3.8) is 0 Å². The minimum Gasteiger partial charge on any atom is -0.439 e. The number of aromatic nitrogens is 1. The first-order valence-corrected chi connectivity index (χ1v) is 10.8. The largest absolute Gasteiger partial charge is 0.439 e. The highest BCUT2D eigenvalue weighted by atomic mass is 35.5. The van der Waals surface area contributed by atoms with E-state index < -0.39 is 9.84 Å². The molecule has 0 saturated carbocycles. The monoisotopic (exact) mass is 461 g/mol. The van der Waals surface area contributed by atoms with Gasteiger partial charge in [0, 0.05) is 24.6 Å². The minimum atomic E-state index is -3.33. The number of rotatable bonds is 6. The summed E-state index contributed by atoms with van der Waals surface area (Å²) in [6.45, 7) is 1.14.